The third-order valence-corrected chi connectivity index (χ3v) is 9.22. The van der Waals surface area contributed by atoms with E-state index in [-0.39, 0.29) is 10.8 Å². The first-order chi connectivity index (χ1) is 19.8. The van der Waals surface area contributed by atoms with E-state index in [4.69, 9.17) is 11.6 Å². The minimum atomic E-state index is 0.177. The Hall–Kier alpha value is -2.60. The number of hydrogen-bond donors (Lipinski definition) is 0. The van der Waals surface area contributed by atoms with Gasteiger partial charge in [0, 0.05) is 0 Å². The van der Waals surface area contributed by atoms with Crippen molar-refractivity contribution in [1.29, 1.82) is 0 Å². The molecule has 0 saturated carbocycles. The van der Waals surface area contributed by atoms with Gasteiger partial charge in [-0.15, -0.1) is 12.0 Å². The van der Waals surface area contributed by atoms with Crippen LogP contribution in [0.5, 0.6) is 0 Å². The summed E-state index contributed by atoms with van der Waals surface area (Å²) in [6.07, 6.45) is 11.0. The predicted octanol–water partition coefficient (Wildman–Crippen LogP) is 10.7. The molecule has 0 heterocycles. The zero-order chi connectivity index (χ0) is 30.5. The van der Waals surface area contributed by atoms with Crippen molar-refractivity contribution < 1.29 is 24.2 Å². The first-order valence-electron chi connectivity index (χ1n) is 14.6. The van der Waals surface area contributed by atoms with E-state index in [0.717, 1.165) is 17.9 Å². The Labute approximate surface area is 273 Å². The molecule has 212 valence electrons. The number of hydrogen-bond acceptors (Lipinski definition) is 0. The summed E-state index contributed by atoms with van der Waals surface area (Å²) >= 11 is 7.40. The van der Waals surface area contributed by atoms with Crippen LogP contribution in [0, 0.1) is 19.1 Å². The summed E-state index contributed by atoms with van der Waals surface area (Å²) in [5, 5.41) is 0.796. The Balaban J connectivity index is 0.000000170. The summed E-state index contributed by atoms with van der Waals surface area (Å²) in [5.41, 5.74) is 12.6. The van der Waals surface area contributed by atoms with Crippen molar-refractivity contribution in [2.24, 2.45) is 0 Å². The van der Waals surface area contributed by atoms with Crippen molar-refractivity contribution in [3.05, 3.63) is 153 Å². The Morgan fingerprint density at radius 1 is 0.786 bits per heavy atom. The van der Waals surface area contributed by atoms with Crippen LogP contribution in [0.2, 0.25) is 5.02 Å². The van der Waals surface area contributed by atoms with Crippen LogP contribution in [0.25, 0.3) is 11.1 Å². The quantitative estimate of drug-likeness (QED) is 0.167. The van der Waals surface area contributed by atoms with Crippen LogP contribution in [0.15, 0.2) is 97.1 Å². The van der Waals surface area contributed by atoms with Crippen LogP contribution in [0.3, 0.4) is 0 Å². The Morgan fingerprint density at radius 3 is 2.05 bits per heavy atom. The van der Waals surface area contributed by atoms with E-state index in [2.05, 4.69) is 127 Å². The smallest absolute Gasteiger partial charge is 0.109 e. The van der Waals surface area contributed by atoms with E-state index < -0.39 is 0 Å². The molecule has 0 spiro atoms. The van der Waals surface area contributed by atoms with E-state index in [1.165, 1.54) is 77.5 Å². The zero-order valence-corrected chi connectivity index (χ0v) is 29.2. The molecule has 0 saturated heterocycles. The molecule has 0 atom stereocenters. The average Bonchev–Trinajstić information content (AvgIpc) is 3.64. The summed E-state index contributed by atoms with van der Waals surface area (Å²) in [5.74, 6) is 0. The second kappa shape index (κ2) is 13.8. The van der Waals surface area contributed by atoms with Crippen molar-refractivity contribution in [3.8, 4) is 11.1 Å². The Bertz CT molecular complexity index is 1530. The average molecular weight is 648 g/mol. The molecular weight excluding hydrogens is 607 g/mol. The van der Waals surface area contributed by atoms with Gasteiger partial charge in [-0.25, -0.2) is 12.2 Å². The first kappa shape index (κ1) is 32.3. The molecule has 42 heavy (non-hydrogen) atoms. The molecule has 4 aromatic rings. The van der Waals surface area contributed by atoms with Gasteiger partial charge < -0.3 is 0 Å². The fourth-order valence-corrected chi connectivity index (χ4v) is 5.84. The first-order valence-corrected chi connectivity index (χ1v) is 16.3. The van der Waals surface area contributed by atoms with Gasteiger partial charge in [-0.2, -0.15) is 35.4 Å². The maximum absolute atomic E-state index is 6.00. The van der Waals surface area contributed by atoms with Crippen molar-refractivity contribution in [2.75, 3.05) is 0 Å². The molecule has 0 aliphatic heterocycles. The topological polar surface area (TPSA) is 0 Å². The van der Waals surface area contributed by atoms with E-state index in [9.17, 15) is 0 Å². The van der Waals surface area contributed by atoms with E-state index >= 15 is 0 Å². The van der Waals surface area contributed by atoms with Gasteiger partial charge in [0.15, 0.2) is 0 Å². The van der Waals surface area contributed by atoms with Crippen molar-refractivity contribution in [3.63, 3.8) is 0 Å². The molecule has 0 radical (unpaired) electrons. The minimum Gasteiger partial charge on any atom is -0.273 e. The fraction of sp³-hybridized carbons (Fsp3) is 0.275. The largest absolute Gasteiger partial charge is 0.273 e. The second-order valence-corrected chi connectivity index (χ2v) is 14.7. The van der Waals surface area contributed by atoms with Gasteiger partial charge in [0.25, 0.3) is 0 Å². The van der Waals surface area contributed by atoms with Crippen molar-refractivity contribution in [2.45, 2.75) is 72.1 Å². The van der Waals surface area contributed by atoms with Gasteiger partial charge in [0.05, 0.1) is 0 Å². The maximum Gasteiger partial charge on any atom is -0.109 e. The molecule has 0 amide bonds. The summed E-state index contributed by atoms with van der Waals surface area (Å²) in [6.45, 7) is 15.7. The summed E-state index contributed by atoms with van der Waals surface area (Å²) in [7, 11) is 0. The molecule has 0 unspecified atom stereocenters. The Kier molecular flexibility index (Phi) is 10.6. The minimum absolute atomic E-state index is 0.177. The summed E-state index contributed by atoms with van der Waals surface area (Å²) < 4.78 is 1.34. The van der Waals surface area contributed by atoms with Gasteiger partial charge in [0.1, 0.15) is 0 Å². The molecule has 0 fully saturated rings. The molecule has 0 bridgehead atoms. The van der Waals surface area contributed by atoms with Gasteiger partial charge in [-0.05, 0) is 17.4 Å². The fourth-order valence-electron chi connectivity index (χ4n) is 4.86. The zero-order valence-electron chi connectivity index (χ0n) is 26.0. The van der Waals surface area contributed by atoms with Crippen LogP contribution in [-0.4, -0.2) is 3.21 Å². The summed E-state index contributed by atoms with van der Waals surface area (Å²) in [4.78, 5) is 0. The second-order valence-electron chi connectivity index (χ2n) is 13.1. The molecule has 0 nitrogen and oxygen atoms in total. The monoisotopic (exact) mass is 646 g/mol. The molecule has 0 aromatic heterocycles. The van der Waals surface area contributed by atoms with Gasteiger partial charge >= 0.3 is 116 Å². The molecule has 6 rings (SSSR count). The molecular formula is C40H41ClZr. The number of benzene rings is 4. The number of halogens is 1. The van der Waals surface area contributed by atoms with E-state index in [1.807, 2.05) is 30.4 Å². The molecule has 2 heteroatoms. The molecule has 2 aliphatic rings. The Morgan fingerprint density at radius 2 is 1.48 bits per heavy atom. The molecule has 0 N–H and O–H groups in total. The van der Waals surface area contributed by atoms with Crippen LogP contribution < -0.4 is 0 Å². The van der Waals surface area contributed by atoms with Crippen LogP contribution >= 0.6 is 11.6 Å². The predicted molar refractivity (Wildman–Crippen MR) is 178 cm³/mol. The van der Waals surface area contributed by atoms with Crippen LogP contribution in [0.1, 0.15) is 86.9 Å². The van der Waals surface area contributed by atoms with Crippen molar-refractivity contribution >= 4 is 14.8 Å². The van der Waals surface area contributed by atoms with Crippen LogP contribution in [-0.2, 0) is 41.5 Å². The standard InChI is InChI=1S/C21H25.C14H11Cl.C5H5.Zr/c1-20(2,3)16-9-7-14-11-15-8-10-17(21(4,5)6)13-19(15)18(14)12-16;1-11-5-7-12(8-6-11)9-13-3-2-4-14(15)10-13;1-2-4-5-3-1;/h7,9-10,12-13H,11H2,1-6H3;2-8,10H,1H3;1-3H,4H2;/q-1;;-1;+2. The third kappa shape index (κ3) is 8.49. The normalized spacial score (nSPS) is 13.0. The van der Waals surface area contributed by atoms with Crippen LogP contribution in [0.4, 0.5) is 0 Å². The number of fused-ring (bicyclic) bond motifs is 3. The maximum atomic E-state index is 6.00. The van der Waals surface area contributed by atoms with Gasteiger partial charge in [-0.1, -0.05) is 76.3 Å². The van der Waals surface area contributed by atoms with E-state index in [0.29, 0.717) is 0 Å². The van der Waals surface area contributed by atoms with Crippen molar-refractivity contribution in [1.82, 2.24) is 0 Å². The number of aryl methyl sites for hydroxylation is 1. The SMILES string of the molecule is CC(C)(C)c1c[c-]c2c(c1)-c1cc(C(C)(C)C)ccc1C2.Cc1ccc([C](=[Zr+2])c2cccc(Cl)c2)cc1.[C-]1=CC=CC1. The third-order valence-electron chi connectivity index (χ3n) is 7.57. The molecule has 4 aromatic carbocycles. The summed E-state index contributed by atoms with van der Waals surface area (Å²) in [6, 6.07) is 31.7. The number of rotatable bonds is 2. The van der Waals surface area contributed by atoms with Gasteiger partial charge in [0.2, 0.25) is 0 Å². The van der Waals surface area contributed by atoms with E-state index in [1.54, 1.807) is 0 Å². The van der Waals surface area contributed by atoms with Gasteiger partial charge in [-0.3, -0.25) is 6.08 Å². The molecule has 2 aliphatic carbocycles. The number of allylic oxidation sites excluding steroid dienone is 4.